The number of rotatable bonds is 7. The van der Waals surface area contributed by atoms with Crippen LogP contribution < -0.4 is 10.2 Å². The first kappa shape index (κ1) is 21.9. The maximum atomic E-state index is 12.9. The van der Waals surface area contributed by atoms with E-state index in [1.807, 2.05) is 65.3 Å². The fraction of sp³-hybridized carbons (Fsp3) is 0.440. The Bertz CT molecular complexity index is 855. The molecule has 3 rings (SSSR count). The van der Waals surface area contributed by atoms with E-state index in [-0.39, 0.29) is 24.9 Å². The SMILES string of the molecule is Cc1ccc(N(CC(=O)Nc2ccccc2C(C)C)CC(=O)N2CCCCC2)cc1. The van der Waals surface area contributed by atoms with E-state index in [2.05, 4.69) is 19.2 Å². The molecular weight excluding hydrogens is 374 g/mol. The highest BCUT2D eigenvalue weighted by atomic mass is 16.2. The number of likely N-dealkylation sites (tertiary alicyclic amines) is 1. The summed E-state index contributed by atoms with van der Waals surface area (Å²) in [4.78, 5) is 29.6. The minimum Gasteiger partial charge on any atom is -0.353 e. The number of piperidine rings is 1. The Morgan fingerprint density at radius 2 is 1.63 bits per heavy atom. The summed E-state index contributed by atoms with van der Waals surface area (Å²) in [5, 5.41) is 3.05. The Morgan fingerprint density at radius 3 is 2.30 bits per heavy atom. The first-order valence-electron chi connectivity index (χ1n) is 10.9. The second kappa shape index (κ2) is 10.3. The molecule has 1 fully saturated rings. The minimum absolute atomic E-state index is 0.0886. The molecule has 5 heteroatoms. The largest absolute Gasteiger partial charge is 0.353 e. The van der Waals surface area contributed by atoms with Crippen molar-refractivity contribution in [2.45, 2.75) is 46.0 Å². The molecule has 1 aliphatic rings. The molecule has 1 heterocycles. The third-order valence-electron chi connectivity index (χ3n) is 5.63. The predicted octanol–water partition coefficient (Wildman–Crippen LogP) is 4.58. The molecule has 0 bridgehead atoms. The highest BCUT2D eigenvalue weighted by Gasteiger charge is 2.21. The van der Waals surface area contributed by atoms with E-state index >= 15 is 0 Å². The van der Waals surface area contributed by atoms with Gasteiger partial charge in [-0.15, -0.1) is 0 Å². The molecule has 0 atom stereocenters. The lowest BCUT2D eigenvalue weighted by Gasteiger charge is -2.31. The normalized spacial score (nSPS) is 13.9. The molecule has 1 aliphatic heterocycles. The molecule has 0 aliphatic carbocycles. The number of hydrogen-bond acceptors (Lipinski definition) is 3. The van der Waals surface area contributed by atoms with Gasteiger partial charge in [-0.3, -0.25) is 9.59 Å². The molecule has 2 aromatic rings. The highest BCUT2D eigenvalue weighted by molar-refractivity contribution is 5.96. The zero-order valence-corrected chi connectivity index (χ0v) is 18.4. The molecule has 5 nitrogen and oxygen atoms in total. The lowest BCUT2D eigenvalue weighted by molar-refractivity contribution is -0.130. The van der Waals surface area contributed by atoms with Gasteiger partial charge in [0.2, 0.25) is 11.8 Å². The van der Waals surface area contributed by atoms with Crippen LogP contribution in [-0.4, -0.2) is 42.9 Å². The molecule has 160 valence electrons. The molecule has 30 heavy (non-hydrogen) atoms. The topological polar surface area (TPSA) is 52.7 Å². The summed E-state index contributed by atoms with van der Waals surface area (Å²) in [5.41, 5.74) is 3.98. The predicted molar refractivity (Wildman–Crippen MR) is 123 cm³/mol. The summed E-state index contributed by atoms with van der Waals surface area (Å²) >= 11 is 0. The Kier molecular flexibility index (Phi) is 7.50. The van der Waals surface area contributed by atoms with Gasteiger partial charge in [0.1, 0.15) is 0 Å². The number of carbonyl (C=O) groups is 2. The molecule has 1 saturated heterocycles. The smallest absolute Gasteiger partial charge is 0.243 e. The zero-order chi connectivity index (χ0) is 21.5. The minimum atomic E-state index is -0.116. The number of aryl methyl sites for hydroxylation is 1. The van der Waals surface area contributed by atoms with Gasteiger partial charge in [0.15, 0.2) is 0 Å². The van der Waals surface area contributed by atoms with Crippen LogP contribution in [0.15, 0.2) is 48.5 Å². The summed E-state index contributed by atoms with van der Waals surface area (Å²) in [7, 11) is 0. The van der Waals surface area contributed by atoms with E-state index in [0.717, 1.165) is 48.4 Å². The van der Waals surface area contributed by atoms with Crippen molar-refractivity contribution in [3.05, 3.63) is 59.7 Å². The van der Waals surface area contributed by atoms with Gasteiger partial charge in [-0.2, -0.15) is 0 Å². The highest BCUT2D eigenvalue weighted by Crippen LogP contribution is 2.24. The van der Waals surface area contributed by atoms with Crippen LogP contribution in [-0.2, 0) is 9.59 Å². The van der Waals surface area contributed by atoms with Gasteiger partial charge in [0.05, 0.1) is 13.1 Å². The van der Waals surface area contributed by atoms with E-state index in [9.17, 15) is 9.59 Å². The summed E-state index contributed by atoms with van der Waals surface area (Å²) in [6.45, 7) is 8.23. The van der Waals surface area contributed by atoms with Crippen molar-refractivity contribution in [2.24, 2.45) is 0 Å². The number of anilines is 2. The van der Waals surface area contributed by atoms with E-state index in [4.69, 9.17) is 0 Å². The first-order valence-corrected chi connectivity index (χ1v) is 10.9. The van der Waals surface area contributed by atoms with Crippen LogP contribution in [0.5, 0.6) is 0 Å². The lowest BCUT2D eigenvalue weighted by atomic mass is 10.0. The number of carbonyl (C=O) groups excluding carboxylic acids is 2. The van der Waals surface area contributed by atoms with E-state index in [0.29, 0.717) is 5.92 Å². The van der Waals surface area contributed by atoms with Crippen LogP contribution >= 0.6 is 0 Å². The average Bonchev–Trinajstić information content (AvgIpc) is 2.74. The van der Waals surface area contributed by atoms with Gasteiger partial charge in [-0.25, -0.2) is 0 Å². The molecule has 2 aromatic carbocycles. The molecule has 0 spiro atoms. The van der Waals surface area contributed by atoms with Crippen LogP contribution in [0.1, 0.15) is 50.2 Å². The Hall–Kier alpha value is -2.82. The molecule has 0 unspecified atom stereocenters. The maximum Gasteiger partial charge on any atom is 0.243 e. The first-order chi connectivity index (χ1) is 14.4. The van der Waals surface area contributed by atoms with E-state index in [1.165, 1.54) is 6.42 Å². The number of nitrogens with zero attached hydrogens (tertiary/aromatic N) is 2. The molecule has 0 saturated carbocycles. The quantitative estimate of drug-likeness (QED) is 0.731. The number of hydrogen-bond donors (Lipinski definition) is 1. The molecule has 0 radical (unpaired) electrons. The maximum absolute atomic E-state index is 12.9. The molecular formula is C25H33N3O2. The molecule has 0 aromatic heterocycles. The molecule has 1 N–H and O–H groups in total. The number of para-hydroxylation sites is 1. The van der Waals surface area contributed by atoms with Gasteiger partial charge in [0, 0.05) is 24.5 Å². The fourth-order valence-electron chi connectivity index (χ4n) is 3.88. The van der Waals surface area contributed by atoms with Crippen molar-refractivity contribution in [3.63, 3.8) is 0 Å². The van der Waals surface area contributed by atoms with Gasteiger partial charge < -0.3 is 15.1 Å². The zero-order valence-electron chi connectivity index (χ0n) is 18.4. The average molecular weight is 408 g/mol. The van der Waals surface area contributed by atoms with Crippen molar-refractivity contribution in [1.29, 1.82) is 0 Å². The lowest BCUT2D eigenvalue weighted by Crippen LogP contribution is -2.45. The Balaban J connectivity index is 1.74. The second-order valence-corrected chi connectivity index (χ2v) is 8.42. The summed E-state index contributed by atoms with van der Waals surface area (Å²) in [6, 6.07) is 15.9. The second-order valence-electron chi connectivity index (χ2n) is 8.42. The Morgan fingerprint density at radius 1 is 0.967 bits per heavy atom. The van der Waals surface area contributed by atoms with Crippen LogP contribution in [0.4, 0.5) is 11.4 Å². The summed E-state index contributed by atoms with van der Waals surface area (Å²) < 4.78 is 0. The van der Waals surface area contributed by atoms with E-state index < -0.39 is 0 Å². The fourth-order valence-corrected chi connectivity index (χ4v) is 3.88. The third kappa shape index (κ3) is 5.85. The van der Waals surface area contributed by atoms with Gasteiger partial charge >= 0.3 is 0 Å². The van der Waals surface area contributed by atoms with Gasteiger partial charge in [0.25, 0.3) is 0 Å². The van der Waals surface area contributed by atoms with Crippen molar-refractivity contribution in [2.75, 3.05) is 36.4 Å². The summed E-state index contributed by atoms with van der Waals surface area (Å²) in [6.07, 6.45) is 3.30. The summed E-state index contributed by atoms with van der Waals surface area (Å²) in [5.74, 6) is 0.288. The van der Waals surface area contributed by atoms with Gasteiger partial charge in [-0.1, -0.05) is 49.7 Å². The van der Waals surface area contributed by atoms with Gasteiger partial charge in [-0.05, 0) is 55.9 Å². The number of nitrogens with one attached hydrogen (secondary N) is 1. The van der Waals surface area contributed by atoms with Crippen molar-refractivity contribution < 1.29 is 9.59 Å². The van der Waals surface area contributed by atoms with Crippen LogP contribution in [0, 0.1) is 6.92 Å². The number of benzene rings is 2. The number of amides is 2. The van der Waals surface area contributed by atoms with Crippen LogP contribution in [0.25, 0.3) is 0 Å². The van der Waals surface area contributed by atoms with Crippen LogP contribution in [0.2, 0.25) is 0 Å². The third-order valence-corrected chi connectivity index (χ3v) is 5.63. The van der Waals surface area contributed by atoms with Crippen molar-refractivity contribution in [3.8, 4) is 0 Å². The van der Waals surface area contributed by atoms with Crippen LogP contribution in [0.3, 0.4) is 0 Å². The van der Waals surface area contributed by atoms with Crippen molar-refractivity contribution >= 4 is 23.2 Å². The standard InChI is InChI=1S/C25H33N3O2/c1-19(2)22-9-5-6-10-23(22)26-24(29)17-28(21-13-11-20(3)12-14-21)18-25(30)27-15-7-4-8-16-27/h5-6,9-14,19H,4,7-8,15-18H2,1-3H3,(H,26,29). The monoisotopic (exact) mass is 407 g/mol. The Labute approximate surface area is 180 Å². The van der Waals surface area contributed by atoms with Crippen molar-refractivity contribution in [1.82, 2.24) is 4.90 Å². The van der Waals surface area contributed by atoms with E-state index in [1.54, 1.807) is 0 Å². The molecule has 2 amide bonds.